The molecule has 1 saturated carbocycles. The van der Waals surface area contributed by atoms with Crippen molar-refractivity contribution in [2.45, 2.75) is 39.2 Å². The number of amides is 2. The van der Waals surface area contributed by atoms with Crippen LogP contribution in [0.25, 0.3) is 0 Å². The van der Waals surface area contributed by atoms with Crippen molar-refractivity contribution in [3.63, 3.8) is 0 Å². The molecule has 1 unspecified atom stereocenters. The summed E-state index contributed by atoms with van der Waals surface area (Å²) in [5.41, 5.74) is 3.07. The van der Waals surface area contributed by atoms with Gasteiger partial charge in [-0.2, -0.15) is 0 Å². The van der Waals surface area contributed by atoms with Crippen molar-refractivity contribution >= 4 is 28.2 Å². The van der Waals surface area contributed by atoms with Crippen molar-refractivity contribution in [3.8, 4) is 0 Å². The molecule has 1 aliphatic carbocycles. The van der Waals surface area contributed by atoms with E-state index in [1.165, 1.54) is 11.3 Å². The van der Waals surface area contributed by atoms with E-state index in [9.17, 15) is 14.7 Å². The maximum absolute atomic E-state index is 12.6. The van der Waals surface area contributed by atoms with Gasteiger partial charge in [0.05, 0.1) is 22.5 Å². The van der Waals surface area contributed by atoms with Crippen LogP contribution in [0.15, 0.2) is 30.3 Å². The maximum Gasteiger partial charge on any atom is 0.262 e. The first-order valence-electron chi connectivity index (χ1n) is 8.85. The highest BCUT2D eigenvalue weighted by atomic mass is 32.1. The van der Waals surface area contributed by atoms with Gasteiger partial charge in [0.25, 0.3) is 5.91 Å². The number of aliphatic hydroxyl groups excluding tert-OH is 1. The average Bonchev–Trinajstić information content (AvgIpc) is 3.40. The minimum absolute atomic E-state index is 0.0333. The average molecular weight is 372 g/mol. The summed E-state index contributed by atoms with van der Waals surface area (Å²) in [4.78, 5) is 25.1. The third kappa shape index (κ3) is 4.51. The Hall–Kier alpha value is -2.18. The molecule has 5 nitrogen and oxygen atoms in total. The number of hydrogen-bond acceptors (Lipinski definition) is 4. The van der Waals surface area contributed by atoms with Crippen LogP contribution in [0.3, 0.4) is 0 Å². The van der Waals surface area contributed by atoms with Crippen LogP contribution >= 0.6 is 11.3 Å². The van der Waals surface area contributed by atoms with Gasteiger partial charge in [-0.1, -0.05) is 24.3 Å². The molecule has 1 aliphatic rings. The standard InChI is InChI=1S/C20H24N2O3S/c1-12-5-3-4-6-15(12)10-16(11-23)21-20(25)18-13(2)9-17(26-18)22-19(24)14-7-8-14/h3-6,9,14,16,23H,7-8,10-11H2,1-2H3,(H,21,25)(H,22,24). The number of aryl methyl sites for hydroxylation is 2. The fourth-order valence-corrected chi connectivity index (χ4v) is 3.83. The highest BCUT2D eigenvalue weighted by Gasteiger charge is 2.30. The summed E-state index contributed by atoms with van der Waals surface area (Å²) in [5.74, 6) is -0.0550. The third-order valence-corrected chi connectivity index (χ3v) is 5.75. The zero-order valence-electron chi connectivity index (χ0n) is 15.0. The van der Waals surface area contributed by atoms with Crippen LogP contribution in [0, 0.1) is 19.8 Å². The van der Waals surface area contributed by atoms with Crippen molar-refractivity contribution in [3.05, 3.63) is 51.9 Å². The van der Waals surface area contributed by atoms with Crippen molar-refractivity contribution in [2.75, 3.05) is 11.9 Å². The highest BCUT2D eigenvalue weighted by molar-refractivity contribution is 7.18. The van der Waals surface area contributed by atoms with Gasteiger partial charge in [-0.25, -0.2) is 0 Å². The van der Waals surface area contributed by atoms with E-state index in [-0.39, 0.29) is 30.4 Å². The second-order valence-corrected chi connectivity index (χ2v) is 7.92. The number of anilines is 1. The Kier molecular flexibility index (Phi) is 5.74. The lowest BCUT2D eigenvalue weighted by Crippen LogP contribution is -2.39. The van der Waals surface area contributed by atoms with Crippen molar-refractivity contribution in [2.24, 2.45) is 5.92 Å². The van der Waals surface area contributed by atoms with Crippen LogP contribution in [0.1, 0.15) is 39.2 Å². The van der Waals surface area contributed by atoms with E-state index < -0.39 is 0 Å². The van der Waals surface area contributed by atoms with Gasteiger partial charge in [0.15, 0.2) is 0 Å². The summed E-state index contributed by atoms with van der Waals surface area (Å²) in [6, 6.07) is 9.43. The third-order valence-electron chi connectivity index (χ3n) is 4.60. The molecular formula is C20H24N2O3S. The minimum atomic E-state index is -0.352. The van der Waals surface area contributed by atoms with Gasteiger partial charge in [0.2, 0.25) is 5.91 Å². The molecule has 0 radical (unpaired) electrons. The lowest BCUT2D eigenvalue weighted by atomic mass is 10.0. The topological polar surface area (TPSA) is 78.4 Å². The van der Waals surface area contributed by atoms with Gasteiger partial charge in [-0.15, -0.1) is 11.3 Å². The molecule has 138 valence electrons. The van der Waals surface area contributed by atoms with Gasteiger partial charge < -0.3 is 15.7 Å². The second kappa shape index (κ2) is 8.01. The predicted octanol–water partition coefficient (Wildman–Crippen LogP) is 3.05. The van der Waals surface area contributed by atoms with E-state index in [4.69, 9.17) is 0 Å². The Morgan fingerprint density at radius 2 is 1.96 bits per heavy atom. The summed E-state index contributed by atoms with van der Waals surface area (Å²) < 4.78 is 0. The number of benzene rings is 1. The Morgan fingerprint density at radius 1 is 1.23 bits per heavy atom. The molecule has 1 atom stereocenters. The van der Waals surface area contributed by atoms with Gasteiger partial charge in [-0.3, -0.25) is 9.59 Å². The van der Waals surface area contributed by atoms with E-state index in [0.29, 0.717) is 16.3 Å². The molecular weight excluding hydrogens is 348 g/mol. The quantitative estimate of drug-likeness (QED) is 0.699. The molecule has 0 saturated heterocycles. The Labute approximate surface area is 157 Å². The summed E-state index contributed by atoms with van der Waals surface area (Å²) in [6.07, 6.45) is 2.46. The van der Waals surface area contributed by atoms with Crippen LogP contribution in [-0.4, -0.2) is 29.6 Å². The van der Waals surface area contributed by atoms with E-state index in [1.807, 2.05) is 44.2 Å². The molecule has 2 aromatic rings. The van der Waals surface area contributed by atoms with Gasteiger partial charge >= 0.3 is 0 Å². The molecule has 26 heavy (non-hydrogen) atoms. The number of nitrogens with one attached hydrogen (secondary N) is 2. The molecule has 1 aromatic heterocycles. The fraction of sp³-hybridized carbons (Fsp3) is 0.400. The zero-order chi connectivity index (χ0) is 18.7. The van der Waals surface area contributed by atoms with Crippen LogP contribution < -0.4 is 10.6 Å². The molecule has 3 N–H and O–H groups in total. The molecule has 3 rings (SSSR count). The summed E-state index contributed by atoms with van der Waals surface area (Å²) in [7, 11) is 0. The smallest absolute Gasteiger partial charge is 0.262 e. The largest absolute Gasteiger partial charge is 0.394 e. The van der Waals surface area contributed by atoms with E-state index in [1.54, 1.807) is 0 Å². The molecule has 1 fully saturated rings. The van der Waals surface area contributed by atoms with E-state index in [0.717, 1.165) is 29.5 Å². The summed E-state index contributed by atoms with van der Waals surface area (Å²) in [5, 5.41) is 16.2. The molecule has 6 heteroatoms. The number of carbonyl (C=O) groups excluding carboxylic acids is 2. The number of carbonyl (C=O) groups is 2. The number of aliphatic hydroxyl groups is 1. The van der Waals surface area contributed by atoms with Gasteiger partial charge in [0, 0.05) is 5.92 Å². The number of thiophene rings is 1. The first-order valence-corrected chi connectivity index (χ1v) is 9.67. The Bertz CT molecular complexity index is 811. The lowest BCUT2D eigenvalue weighted by Gasteiger charge is -2.17. The van der Waals surface area contributed by atoms with Crippen molar-refractivity contribution in [1.29, 1.82) is 0 Å². The lowest BCUT2D eigenvalue weighted by molar-refractivity contribution is -0.117. The Morgan fingerprint density at radius 3 is 2.62 bits per heavy atom. The van der Waals surface area contributed by atoms with E-state index >= 15 is 0 Å². The second-order valence-electron chi connectivity index (χ2n) is 6.87. The molecule has 0 bridgehead atoms. The monoisotopic (exact) mass is 372 g/mol. The predicted molar refractivity (Wildman–Crippen MR) is 104 cm³/mol. The molecule has 1 aromatic carbocycles. The fourth-order valence-electron chi connectivity index (χ4n) is 2.85. The first-order chi connectivity index (χ1) is 12.5. The van der Waals surface area contributed by atoms with Crippen molar-refractivity contribution in [1.82, 2.24) is 5.32 Å². The van der Waals surface area contributed by atoms with E-state index in [2.05, 4.69) is 10.6 Å². The molecule has 2 amide bonds. The summed E-state index contributed by atoms with van der Waals surface area (Å²) in [6.45, 7) is 3.74. The van der Waals surface area contributed by atoms with Gasteiger partial charge in [0.1, 0.15) is 0 Å². The molecule has 0 spiro atoms. The number of rotatable bonds is 7. The first kappa shape index (κ1) is 18.6. The van der Waals surface area contributed by atoms with Crippen molar-refractivity contribution < 1.29 is 14.7 Å². The van der Waals surface area contributed by atoms with Crippen LogP contribution in [0.4, 0.5) is 5.00 Å². The number of hydrogen-bond donors (Lipinski definition) is 3. The highest BCUT2D eigenvalue weighted by Crippen LogP contribution is 2.32. The summed E-state index contributed by atoms with van der Waals surface area (Å²) >= 11 is 1.28. The molecule has 1 heterocycles. The normalized spacial score (nSPS) is 14.7. The SMILES string of the molecule is Cc1ccccc1CC(CO)NC(=O)c1sc(NC(=O)C2CC2)cc1C. The minimum Gasteiger partial charge on any atom is -0.394 e. The zero-order valence-corrected chi connectivity index (χ0v) is 15.9. The van der Waals surface area contributed by atoms with Crippen LogP contribution in [-0.2, 0) is 11.2 Å². The van der Waals surface area contributed by atoms with Gasteiger partial charge in [-0.05, 0) is 55.9 Å². The van der Waals surface area contributed by atoms with Crippen LogP contribution in [0.5, 0.6) is 0 Å². The van der Waals surface area contributed by atoms with Crippen LogP contribution in [0.2, 0.25) is 0 Å². The Balaban J connectivity index is 1.65. The maximum atomic E-state index is 12.6. The molecule has 0 aliphatic heterocycles.